The Kier molecular flexibility index (Phi) is 5.55. The topological polar surface area (TPSA) is 69.7 Å². The average Bonchev–Trinajstić information content (AvgIpc) is 3.01. The van der Waals surface area contributed by atoms with E-state index in [4.69, 9.17) is 9.47 Å². The van der Waals surface area contributed by atoms with Crippen molar-refractivity contribution in [1.82, 2.24) is 0 Å². The van der Waals surface area contributed by atoms with E-state index in [0.717, 1.165) is 38.5 Å². The van der Waals surface area contributed by atoms with Gasteiger partial charge in [-0.05, 0) is 87.4 Å². The molecule has 0 aliphatic heterocycles. The van der Waals surface area contributed by atoms with Gasteiger partial charge in [-0.2, -0.15) is 0 Å². The molecule has 0 radical (unpaired) electrons. The van der Waals surface area contributed by atoms with Crippen molar-refractivity contribution in [2.45, 2.75) is 98.2 Å². The maximum Gasteiger partial charge on any atom is 0.302 e. The lowest BCUT2D eigenvalue weighted by atomic mass is 9.44. The van der Waals surface area contributed by atoms with Gasteiger partial charge < -0.3 is 9.47 Å². The van der Waals surface area contributed by atoms with Crippen LogP contribution in [-0.2, 0) is 23.9 Å². The summed E-state index contributed by atoms with van der Waals surface area (Å²) >= 11 is 0. The molecule has 9 atom stereocenters. The van der Waals surface area contributed by atoms with Gasteiger partial charge in [-0.15, -0.1) is 0 Å². The minimum Gasteiger partial charge on any atom is -0.463 e. The highest BCUT2D eigenvalue weighted by Crippen LogP contribution is 2.68. The molecule has 30 heavy (non-hydrogen) atoms. The lowest BCUT2D eigenvalue weighted by Gasteiger charge is -2.62. The Morgan fingerprint density at radius 1 is 0.800 bits per heavy atom. The van der Waals surface area contributed by atoms with Crippen LogP contribution in [0.1, 0.15) is 86.0 Å². The molecule has 4 aliphatic carbocycles. The number of hydrogen-bond donors (Lipinski definition) is 0. The summed E-state index contributed by atoms with van der Waals surface area (Å²) in [5.41, 5.74) is -0.0512. The second kappa shape index (κ2) is 7.63. The van der Waals surface area contributed by atoms with E-state index in [9.17, 15) is 14.4 Å². The predicted octanol–water partition coefficient (Wildman–Crippen LogP) is 4.71. The van der Waals surface area contributed by atoms with Gasteiger partial charge in [-0.3, -0.25) is 14.4 Å². The Hall–Kier alpha value is -1.39. The van der Waals surface area contributed by atoms with Gasteiger partial charge in [-0.25, -0.2) is 0 Å². The van der Waals surface area contributed by atoms with Crippen LogP contribution in [0, 0.1) is 40.4 Å². The smallest absolute Gasteiger partial charge is 0.302 e. The van der Waals surface area contributed by atoms with Crippen LogP contribution in [0.25, 0.3) is 0 Å². The van der Waals surface area contributed by atoms with Crippen molar-refractivity contribution in [3.63, 3.8) is 0 Å². The Morgan fingerprint density at radius 3 is 2.13 bits per heavy atom. The van der Waals surface area contributed by atoms with Crippen LogP contribution in [0.15, 0.2) is 0 Å². The van der Waals surface area contributed by atoms with Gasteiger partial charge in [-0.1, -0.05) is 13.8 Å². The van der Waals surface area contributed by atoms with Crippen LogP contribution >= 0.6 is 0 Å². The van der Waals surface area contributed by atoms with Crippen LogP contribution in [-0.4, -0.2) is 29.9 Å². The highest BCUT2D eigenvalue weighted by Gasteiger charge is 2.65. The Labute approximate surface area is 180 Å². The summed E-state index contributed by atoms with van der Waals surface area (Å²) in [5, 5.41) is 0. The van der Waals surface area contributed by atoms with E-state index in [0.29, 0.717) is 23.7 Å². The molecule has 0 aromatic heterocycles. The predicted molar refractivity (Wildman–Crippen MR) is 112 cm³/mol. The lowest BCUT2D eigenvalue weighted by molar-refractivity contribution is -0.195. The third-order valence-electron chi connectivity index (χ3n) is 9.82. The zero-order chi connectivity index (χ0) is 21.8. The number of ketones is 1. The third kappa shape index (κ3) is 3.31. The molecule has 0 N–H and O–H groups in total. The number of rotatable bonds is 3. The van der Waals surface area contributed by atoms with Gasteiger partial charge in [0.1, 0.15) is 18.0 Å². The van der Waals surface area contributed by atoms with Crippen LogP contribution in [0.3, 0.4) is 0 Å². The van der Waals surface area contributed by atoms with Crippen molar-refractivity contribution in [3.8, 4) is 0 Å². The number of fused-ring (bicyclic) bond motifs is 5. The molecule has 5 heteroatoms. The molecule has 168 valence electrons. The monoisotopic (exact) mass is 418 g/mol. The van der Waals surface area contributed by atoms with Crippen LogP contribution in [0.5, 0.6) is 0 Å². The summed E-state index contributed by atoms with van der Waals surface area (Å²) in [6, 6.07) is 0. The van der Waals surface area contributed by atoms with Crippen LogP contribution in [0.4, 0.5) is 0 Å². The van der Waals surface area contributed by atoms with Crippen LogP contribution in [0.2, 0.25) is 0 Å². The first-order chi connectivity index (χ1) is 14.1. The molecular weight excluding hydrogens is 380 g/mol. The molecule has 4 fully saturated rings. The van der Waals surface area contributed by atoms with Crippen molar-refractivity contribution in [2.75, 3.05) is 0 Å². The standard InChI is InChI=1S/C25H38O5/c1-14(26)20-8-9-21-19-7-6-17-12-18(29-15(2)27)10-11-24(17,4)22(19)13-23(25(20,21)5)30-16(3)28/h17-23H,6-13H2,1-5H3/t17-,18-,19-,20+,21-,22-,23-,24-,25+/m0/s1. The molecule has 0 heterocycles. The fraction of sp³-hybridized carbons (Fsp3) is 0.880. The summed E-state index contributed by atoms with van der Waals surface area (Å²) in [4.78, 5) is 36.0. The highest BCUT2D eigenvalue weighted by molar-refractivity contribution is 5.80. The molecule has 0 amide bonds. The van der Waals surface area contributed by atoms with Crippen molar-refractivity contribution in [2.24, 2.45) is 40.4 Å². The SMILES string of the molecule is CC(=O)O[C@H]1CC[C@@]2(C)[C@@H](CC[C@@H]3[C@@H]2C[C@H](OC(C)=O)[C@]2(C)[C@@H](C(C)=O)CC[C@@H]32)C1. The number of carbonyl (C=O) groups excluding carboxylic acids is 3. The lowest BCUT2D eigenvalue weighted by Crippen LogP contribution is -2.59. The second-order valence-corrected chi connectivity index (χ2v) is 11.1. The first-order valence-corrected chi connectivity index (χ1v) is 11.9. The fourth-order valence-corrected chi connectivity index (χ4v) is 8.53. The fourth-order valence-electron chi connectivity index (χ4n) is 8.53. The highest BCUT2D eigenvalue weighted by atomic mass is 16.5. The summed E-state index contributed by atoms with van der Waals surface area (Å²) in [6.07, 6.45) is 8.00. The van der Waals surface area contributed by atoms with Gasteiger partial charge in [0.05, 0.1) is 0 Å². The first kappa shape index (κ1) is 21.8. The summed E-state index contributed by atoms with van der Waals surface area (Å²) < 4.78 is 11.6. The molecule has 5 nitrogen and oxygen atoms in total. The second-order valence-electron chi connectivity index (χ2n) is 11.1. The number of Topliss-reactive ketones (excluding diaryl/α,β-unsaturated/α-hetero) is 1. The van der Waals surface area contributed by atoms with Gasteiger partial charge in [0, 0.05) is 25.2 Å². The van der Waals surface area contributed by atoms with Gasteiger partial charge in [0.2, 0.25) is 0 Å². The van der Waals surface area contributed by atoms with Crippen molar-refractivity contribution >= 4 is 17.7 Å². The molecule has 0 spiro atoms. The molecule has 4 rings (SSSR count). The molecule has 0 bridgehead atoms. The van der Waals surface area contributed by atoms with Crippen molar-refractivity contribution in [1.29, 1.82) is 0 Å². The Bertz CT molecular complexity index is 731. The number of ether oxygens (including phenoxy) is 2. The quantitative estimate of drug-likeness (QED) is 0.621. The number of hydrogen-bond acceptors (Lipinski definition) is 5. The number of carbonyl (C=O) groups is 3. The van der Waals surface area contributed by atoms with E-state index in [2.05, 4.69) is 13.8 Å². The maximum absolute atomic E-state index is 12.5. The average molecular weight is 419 g/mol. The number of esters is 2. The minimum absolute atomic E-state index is 0.00182. The normalized spacial score (nSPS) is 47.4. The van der Waals surface area contributed by atoms with E-state index in [1.54, 1.807) is 6.92 Å². The Balaban J connectivity index is 1.64. The van der Waals surface area contributed by atoms with Gasteiger partial charge in [0.25, 0.3) is 0 Å². The zero-order valence-electron chi connectivity index (χ0n) is 19.2. The molecular formula is C25H38O5. The summed E-state index contributed by atoms with van der Waals surface area (Å²) in [5.74, 6) is 1.92. The summed E-state index contributed by atoms with van der Waals surface area (Å²) in [7, 11) is 0. The third-order valence-corrected chi connectivity index (χ3v) is 9.82. The van der Waals surface area contributed by atoms with Gasteiger partial charge >= 0.3 is 11.9 Å². The van der Waals surface area contributed by atoms with Crippen LogP contribution < -0.4 is 0 Å². The van der Waals surface area contributed by atoms with E-state index < -0.39 is 0 Å². The zero-order valence-corrected chi connectivity index (χ0v) is 19.2. The van der Waals surface area contributed by atoms with E-state index in [-0.39, 0.29) is 46.7 Å². The van der Waals surface area contributed by atoms with Gasteiger partial charge in [0.15, 0.2) is 0 Å². The van der Waals surface area contributed by atoms with E-state index in [1.165, 1.54) is 26.7 Å². The molecule has 0 aromatic carbocycles. The Morgan fingerprint density at radius 2 is 1.50 bits per heavy atom. The van der Waals surface area contributed by atoms with Crippen molar-refractivity contribution in [3.05, 3.63) is 0 Å². The molecule has 0 saturated heterocycles. The van der Waals surface area contributed by atoms with E-state index in [1.807, 2.05) is 0 Å². The molecule has 4 saturated carbocycles. The largest absolute Gasteiger partial charge is 0.463 e. The van der Waals surface area contributed by atoms with Crippen molar-refractivity contribution < 1.29 is 23.9 Å². The minimum atomic E-state index is -0.239. The van der Waals surface area contributed by atoms with E-state index >= 15 is 0 Å². The molecule has 4 aliphatic rings. The molecule has 0 aromatic rings. The molecule has 0 unspecified atom stereocenters. The maximum atomic E-state index is 12.5. The summed E-state index contributed by atoms with van der Waals surface area (Å²) in [6.45, 7) is 9.37. The first-order valence-electron chi connectivity index (χ1n) is 11.9.